The van der Waals surface area contributed by atoms with Crippen LogP contribution in [0.3, 0.4) is 0 Å². The van der Waals surface area contributed by atoms with E-state index < -0.39 is 6.17 Å². The first-order valence-electron chi connectivity index (χ1n) is 3.97. The lowest BCUT2D eigenvalue weighted by atomic mass is 10.0. The molecule has 2 N–H and O–H groups in total. The van der Waals surface area contributed by atoms with Gasteiger partial charge >= 0.3 is 0 Å². The van der Waals surface area contributed by atoms with Crippen molar-refractivity contribution < 1.29 is 4.39 Å². The molecule has 0 aliphatic carbocycles. The normalized spacial score (nSPS) is 16.0. The third kappa shape index (κ3) is 1.82. The van der Waals surface area contributed by atoms with Crippen molar-refractivity contribution in [3.8, 4) is 0 Å². The molecule has 0 saturated carbocycles. The van der Waals surface area contributed by atoms with Crippen molar-refractivity contribution in [3.05, 3.63) is 18.2 Å². The SMILES string of the molecule is CC(CN)C(F)c1cn(C)cn1. The Hall–Kier alpha value is -0.900. The molecule has 1 aromatic rings. The number of aromatic nitrogens is 2. The van der Waals surface area contributed by atoms with Crippen LogP contribution in [0.1, 0.15) is 18.8 Å². The number of imidazole rings is 1. The fraction of sp³-hybridized carbons (Fsp3) is 0.625. The monoisotopic (exact) mass is 171 g/mol. The van der Waals surface area contributed by atoms with Crippen LogP contribution < -0.4 is 5.73 Å². The maximum atomic E-state index is 13.4. The summed E-state index contributed by atoms with van der Waals surface area (Å²) in [7, 11) is 1.82. The van der Waals surface area contributed by atoms with Crippen LogP contribution in [0.4, 0.5) is 4.39 Å². The van der Waals surface area contributed by atoms with Crippen molar-refractivity contribution in [2.45, 2.75) is 13.1 Å². The highest BCUT2D eigenvalue weighted by Gasteiger charge is 2.18. The number of alkyl halides is 1. The Labute approximate surface area is 71.4 Å². The predicted octanol–water partition coefficient (Wildman–Crippen LogP) is 1.03. The molecule has 2 atom stereocenters. The van der Waals surface area contributed by atoms with E-state index in [2.05, 4.69) is 4.98 Å². The average Bonchev–Trinajstić information content (AvgIpc) is 2.49. The minimum absolute atomic E-state index is 0.167. The van der Waals surface area contributed by atoms with Crippen molar-refractivity contribution >= 4 is 0 Å². The van der Waals surface area contributed by atoms with E-state index in [4.69, 9.17) is 5.73 Å². The fourth-order valence-electron chi connectivity index (χ4n) is 0.986. The van der Waals surface area contributed by atoms with E-state index in [1.54, 1.807) is 24.0 Å². The van der Waals surface area contributed by atoms with Crippen LogP contribution in [-0.2, 0) is 7.05 Å². The minimum atomic E-state index is -1.05. The zero-order valence-electron chi connectivity index (χ0n) is 7.37. The van der Waals surface area contributed by atoms with Gasteiger partial charge in [-0.25, -0.2) is 9.37 Å². The molecule has 0 aliphatic rings. The fourth-order valence-corrected chi connectivity index (χ4v) is 0.986. The Morgan fingerprint density at radius 3 is 2.83 bits per heavy atom. The Kier molecular flexibility index (Phi) is 2.81. The molecule has 0 spiro atoms. The van der Waals surface area contributed by atoms with Gasteiger partial charge in [-0.15, -0.1) is 0 Å². The van der Waals surface area contributed by atoms with Gasteiger partial charge in [0.05, 0.1) is 12.0 Å². The number of nitrogens with zero attached hydrogens (tertiary/aromatic N) is 2. The van der Waals surface area contributed by atoms with Gasteiger partial charge in [-0.05, 0) is 6.54 Å². The zero-order chi connectivity index (χ0) is 9.14. The van der Waals surface area contributed by atoms with Gasteiger partial charge in [-0.3, -0.25) is 0 Å². The molecule has 4 heteroatoms. The van der Waals surface area contributed by atoms with Gasteiger partial charge in [0.1, 0.15) is 6.17 Å². The summed E-state index contributed by atoms with van der Waals surface area (Å²) in [5.74, 6) is -0.167. The predicted molar refractivity (Wildman–Crippen MR) is 45.3 cm³/mol. The molecule has 1 rings (SSSR count). The lowest BCUT2D eigenvalue weighted by molar-refractivity contribution is 0.246. The highest BCUT2D eigenvalue weighted by Crippen LogP contribution is 2.23. The number of hydrogen-bond donors (Lipinski definition) is 1. The number of halogens is 1. The summed E-state index contributed by atoms with van der Waals surface area (Å²) >= 11 is 0. The van der Waals surface area contributed by atoms with E-state index in [1.807, 2.05) is 7.05 Å². The standard InChI is InChI=1S/C8H14FN3/c1-6(3-10)8(9)7-4-12(2)5-11-7/h4-6,8H,3,10H2,1-2H3. The molecule has 2 unspecified atom stereocenters. The summed E-state index contributed by atoms with van der Waals surface area (Å²) in [5.41, 5.74) is 5.81. The number of nitrogens with two attached hydrogens (primary N) is 1. The quantitative estimate of drug-likeness (QED) is 0.738. The summed E-state index contributed by atoms with van der Waals surface area (Å²) in [6.07, 6.45) is 2.22. The first-order chi connectivity index (χ1) is 5.65. The summed E-state index contributed by atoms with van der Waals surface area (Å²) < 4.78 is 15.1. The van der Waals surface area contributed by atoms with Crippen molar-refractivity contribution in [2.75, 3.05) is 6.54 Å². The topological polar surface area (TPSA) is 43.8 Å². The van der Waals surface area contributed by atoms with Gasteiger partial charge < -0.3 is 10.3 Å². The summed E-state index contributed by atoms with van der Waals surface area (Å²) in [4.78, 5) is 3.92. The first kappa shape index (κ1) is 9.19. The lowest BCUT2D eigenvalue weighted by Gasteiger charge is -2.11. The van der Waals surface area contributed by atoms with Crippen LogP contribution in [0.5, 0.6) is 0 Å². The van der Waals surface area contributed by atoms with E-state index >= 15 is 0 Å². The molecule has 0 aliphatic heterocycles. The number of aryl methyl sites for hydroxylation is 1. The smallest absolute Gasteiger partial charge is 0.147 e. The van der Waals surface area contributed by atoms with Gasteiger partial charge in [0.25, 0.3) is 0 Å². The largest absolute Gasteiger partial charge is 0.340 e. The molecule has 3 nitrogen and oxygen atoms in total. The Morgan fingerprint density at radius 2 is 2.42 bits per heavy atom. The lowest BCUT2D eigenvalue weighted by Crippen LogP contribution is -2.16. The van der Waals surface area contributed by atoms with Crippen molar-refractivity contribution in [1.82, 2.24) is 9.55 Å². The second-order valence-corrected chi connectivity index (χ2v) is 3.08. The highest BCUT2D eigenvalue weighted by atomic mass is 19.1. The van der Waals surface area contributed by atoms with Crippen LogP contribution >= 0.6 is 0 Å². The average molecular weight is 171 g/mol. The summed E-state index contributed by atoms with van der Waals surface area (Å²) in [6.45, 7) is 2.12. The van der Waals surface area contributed by atoms with E-state index in [0.717, 1.165) is 0 Å². The van der Waals surface area contributed by atoms with Crippen LogP contribution in [0.15, 0.2) is 12.5 Å². The summed E-state index contributed by atoms with van der Waals surface area (Å²) in [5, 5.41) is 0. The highest BCUT2D eigenvalue weighted by molar-refractivity contribution is 5.02. The molecule has 0 amide bonds. The van der Waals surface area contributed by atoms with E-state index in [-0.39, 0.29) is 5.92 Å². The molecular formula is C8H14FN3. The van der Waals surface area contributed by atoms with Crippen molar-refractivity contribution in [2.24, 2.45) is 18.7 Å². The molecule has 0 saturated heterocycles. The van der Waals surface area contributed by atoms with E-state index in [1.165, 1.54) is 0 Å². The molecule has 1 aromatic heterocycles. The van der Waals surface area contributed by atoms with E-state index in [9.17, 15) is 4.39 Å². The molecule has 12 heavy (non-hydrogen) atoms. The molecule has 0 bridgehead atoms. The van der Waals surface area contributed by atoms with Gasteiger partial charge in [0, 0.05) is 19.2 Å². The molecule has 1 heterocycles. The van der Waals surface area contributed by atoms with Crippen LogP contribution in [0.2, 0.25) is 0 Å². The van der Waals surface area contributed by atoms with E-state index in [0.29, 0.717) is 12.2 Å². The maximum Gasteiger partial charge on any atom is 0.147 e. The number of hydrogen-bond acceptors (Lipinski definition) is 2. The van der Waals surface area contributed by atoms with Gasteiger partial charge in [-0.2, -0.15) is 0 Å². The second-order valence-electron chi connectivity index (χ2n) is 3.08. The molecule has 0 fully saturated rings. The first-order valence-corrected chi connectivity index (χ1v) is 3.97. The third-order valence-corrected chi connectivity index (χ3v) is 1.88. The van der Waals surface area contributed by atoms with Crippen LogP contribution in [0, 0.1) is 5.92 Å². The van der Waals surface area contributed by atoms with Crippen LogP contribution in [-0.4, -0.2) is 16.1 Å². The molecular weight excluding hydrogens is 157 g/mol. The van der Waals surface area contributed by atoms with Crippen LogP contribution in [0.25, 0.3) is 0 Å². The Bertz CT molecular complexity index is 246. The van der Waals surface area contributed by atoms with Crippen molar-refractivity contribution in [3.63, 3.8) is 0 Å². The van der Waals surface area contributed by atoms with Gasteiger partial charge in [-0.1, -0.05) is 6.92 Å². The molecule has 68 valence electrons. The second kappa shape index (κ2) is 3.67. The maximum absolute atomic E-state index is 13.4. The molecule has 0 aromatic carbocycles. The van der Waals surface area contributed by atoms with Gasteiger partial charge in [0.2, 0.25) is 0 Å². The summed E-state index contributed by atoms with van der Waals surface area (Å²) in [6, 6.07) is 0. The third-order valence-electron chi connectivity index (χ3n) is 1.88. The minimum Gasteiger partial charge on any atom is -0.340 e. The van der Waals surface area contributed by atoms with Crippen molar-refractivity contribution in [1.29, 1.82) is 0 Å². The Balaban J connectivity index is 2.70. The Morgan fingerprint density at radius 1 is 1.75 bits per heavy atom. The zero-order valence-corrected chi connectivity index (χ0v) is 7.37. The van der Waals surface area contributed by atoms with Gasteiger partial charge in [0.15, 0.2) is 0 Å². The number of rotatable bonds is 3. The molecule has 0 radical (unpaired) electrons.